The van der Waals surface area contributed by atoms with Crippen molar-refractivity contribution in [2.45, 2.75) is 19.8 Å². The number of nitrogens with one attached hydrogen (secondary N) is 2. The summed E-state index contributed by atoms with van der Waals surface area (Å²) in [6.45, 7) is 2.72. The van der Waals surface area contributed by atoms with Gasteiger partial charge in [0.15, 0.2) is 0 Å². The van der Waals surface area contributed by atoms with Gasteiger partial charge in [-0.15, -0.1) is 11.3 Å². The summed E-state index contributed by atoms with van der Waals surface area (Å²) in [5.74, 6) is 0. The largest absolute Gasteiger partial charge is 0.341 e. The Kier molecular flexibility index (Phi) is 4.39. The normalized spacial score (nSPS) is 9.86. The molecule has 0 unspecified atom stereocenters. The van der Waals surface area contributed by atoms with E-state index in [-0.39, 0.29) is 6.03 Å². The number of aryl methyl sites for hydroxylation is 1. The number of amides is 2. The topological polar surface area (TPSA) is 54.0 Å². The summed E-state index contributed by atoms with van der Waals surface area (Å²) in [5.41, 5.74) is 1.13. The van der Waals surface area contributed by atoms with Crippen molar-refractivity contribution < 1.29 is 4.79 Å². The van der Waals surface area contributed by atoms with Crippen LogP contribution in [-0.2, 0) is 12.8 Å². The van der Waals surface area contributed by atoms with Gasteiger partial charge < -0.3 is 10.6 Å². The maximum absolute atomic E-state index is 10.8. The summed E-state index contributed by atoms with van der Waals surface area (Å²) < 4.78 is 0. The standard InChI is InChI=1S/C9H15N3OS/c1-3-7-6-14-8(12-7)4-5-11-9(13)10-2/h6H,3-5H2,1-2H3,(H2,10,11,13). The minimum absolute atomic E-state index is 0.141. The molecule has 0 fully saturated rings. The fourth-order valence-electron chi connectivity index (χ4n) is 0.997. The molecule has 0 aliphatic rings. The molecule has 4 nitrogen and oxygen atoms in total. The number of carbonyl (C=O) groups is 1. The molecule has 0 spiro atoms. The fourth-order valence-corrected chi connectivity index (χ4v) is 1.88. The summed E-state index contributed by atoms with van der Waals surface area (Å²) in [7, 11) is 1.61. The number of hydrogen-bond donors (Lipinski definition) is 2. The Balaban J connectivity index is 2.27. The van der Waals surface area contributed by atoms with Gasteiger partial charge in [0, 0.05) is 25.4 Å². The van der Waals surface area contributed by atoms with E-state index in [1.807, 2.05) is 0 Å². The van der Waals surface area contributed by atoms with Crippen LogP contribution in [0.25, 0.3) is 0 Å². The molecule has 0 saturated carbocycles. The summed E-state index contributed by atoms with van der Waals surface area (Å²) in [4.78, 5) is 15.2. The highest BCUT2D eigenvalue weighted by molar-refractivity contribution is 7.09. The van der Waals surface area contributed by atoms with Gasteiger partial charge in [0.25, 0.3) is 0 Å². The lowest BCUT2D eigenvalue weighted by molar-refractivity contribution is 0.243. The van der Waals surface area contributed by atoms with Gasteiger partial charge in [-0.1, -0.05) is 6.92 Å². The van der Waals surface area contributed by atoms with Crippen molar-refractivity contribution in [1.29, 1.82) is 0 Å². The molecule has 2 N–H and O–H groups in total. The van der Waals surface area contributed by atoms with E-state index in [2.05, 4.69) is 27.9 Å². The number of hydrogen-bond acceptors (Lipinski definition) is 3. The smallest absolute Gasteiger partial charge is 0.314 e. The van der Waals surface area contributed by atoms with Crippen molar-refractivity contribution in [3.8, 4) is 0 Å². The Bertz CT molecular complexity index is 298. The van der Waals surface area contributed by atoms with Crippen LogP contribution in [-0.4, -0.2) is 24.6 Å². The van der Waals surface area contributed by atoms with E-state index in [0.29, 0.717) is 6.54 Å². The van der Waals surface area contributed by atoms with E-state index in [4.69, 9.17) is 0 Å². The van der Waals surface area contributed by atoms with Gasteiger partial charge in [0.05, 0.1) is 10.7 Å². The summed E-state index contributed by atoms with van der Waals surface area (Å²) in [6, 6.07) is -0.141. The van der Waals surface area contributed by atoms with Gasteiger partial charge in [-0.05, 0) is 6.42 Å². The number of rotatable bonds is 4. The molecule has 1 aromatic heterocycles. The molecule has 0 atom stereocenters. The van der Waals surface area contributed by atoms with Crippen molar-refractivity contribution in [1.82, 2.24) is 15.6 Å². The molecule has 0 bridgehead atoms. The highest BCUT2D eigenvalue weighted by atomic mass is 32.1. The zero-order valence-corrected chi connectivity index (χ0v) is 9.28. The first-order chi connectivity index (χ1) is 6.76. The number of aromatic nitrogens is 1. The Labute approximate surface area is 87.7 Å². The van der Waals surface area contributed by atoms with Crippen LogP contribution in [0.5, 0.6) is 0 Å². The lowest BCUT2D eigenvalue weighted by Gasteiger charge is -2.01. The molecule has 5 heteroatoms. The van der Waals surface area contributed by atoms with E-state index >= 15 is 0 Å². The predicted molar refractivity (Wildman–Crippen MR) is 57.7 cm³/mol. The van der Waals surface area contributed by atoms with E-state index in [0.717, 1.165) is 23.5 Å². The second kappa shape index (κ2) is 5.59. The lowest BCUT2D eigenvalue weighted by atomic mass is 10.4. The Morgan fingerprint density at radius 1 is 1.64 bits per heavy atom. The Morgan fingerprint density at radius 2 is 2.43 bits per heavy atom. The third kappa shape index (κ3) is 3.33. The van der Waals surface area contributed by atoms with Crippen LogP contribution in [0.4, 0.5) is 4.79 Å². The van der Waals surface area contributed by atoms with Gasteiger partial charge in [-0.3, -0.25) is 0 Å². The fraction of sp³-hybridized carbons (Fsp3) is 0.556. The maximum Gasteiger partial charge on any atom is 0.314 e. The molecule has 0 aromatic carbocycles. The molecule has 0 radical (unpaired) electrons. The molecular weight excluding hydrogens is 198 g/mol. The molecule has 14 heavy (non-hydrogen) atoms. The molecule has 0 aliphatic heterocycles. The average Bonchev–Trinajstić information content (AvgIpc) is 2.65. The van der Waals surface area contributed by atoms with E-state index in [9.17, 15) is 4.79 Å². The molecule has 1 heterocycles. The second-order valence-electron chi connectivity index (χ2n) is 2.84. The molecule has 2 amide bonds. The first kappa shape index (κ1) is 11.0. The lowest BCUT2D eigenvalue weighted by Crippen LogP contribution is -2.33. The number of thiazole rings is 1. The van der Waals surface area contributed by atoms with Gasteiger partial charge >= 0.3 is 6.03 Å². The van der Waals surface area contributed by atoms with Crippen LogP contribution in [0.1, 0.15) is 17.6 Å². The third-order valence-electron chi connectivity index (χ3n) is 1.81. The average molecular weight is 213 g/mol. The van der Waals surface area contributed by atoms with Gasteiger partial charge in [-0.25, -0.2) is 9.78 Å². The SMILES string of the molecule is CCc1csc(CCNC(=O)NC)n1. The zero-order valence-electron chi connectivity index (χ0n) is 8.46. The van der Waals surface area contributed by atoms with Gasteiger partial charge in [0.2, 0.25) is 0 Å². The van der Waals surface area contributed by atoms with Crippen molar-refractivity contribution >= 4 is 17.4 Å². The molecule has 1 rings (SSSR count). The van der Waals surface area contributed by atoms with Crippen molar-refractivity contribution in [3.05, 3.63) is 16.1 Å². The van der Waals surface area contributed by atoms with E-state index in [1.54, 1.807) is 18.4 Å². The zero-order chi connectivity index (χ0) is 10.4. The quantitative estimate of drug-likeness (QED) is 0.789. The second-order valence-corrected chi connectivity index (χ2v) is 3.78. The molecular formula is C9H15N3OS. The number of carbonyl (C=O) groups excluding carboxylic acids is 1. The van der Waals surface area contributed by atoms with E-state index < -0.39 is 0 Å². The first-order valence-corrected chi connectivity index (χ1v) is 5.53. The number of urea groups is 1. The van der Waals surface area contributed by atoms with Crippen LogP contribution >= 0.6 is 11.3 Å². The maximum atomic E-state index is 10.8. The Hall–Kier alpha value is -1.10. The van der Waals surface area contributed by atoms with Crippen molar-refractivity contribution in [3.63, 3.8) is 0 Å². The van der Waals surface area contributed by atoms with Crippen LogP contribution in [0, 0.1) is 0 Å². The van der Waals surface area contributed by atoms with Gasteiger partial charge in [-0.2, -0.15) is 0 Å². The molecule has 0 saturated heterocycles. The minimum Gasteiger partial charge on any atom is -0.341 e. The Morgan fingerprint density at radius 3 is 3.00 bits per heavy atom. The van der Waals surface area contributed by atoms with Crippen molar-refractivity contribution in [2.24, 2.45) is 0 Å². The third-order valence-corrected chi connectivity index (χ3v) is 2.77. The summed E-state index contributed by atoms with van der Waals surface area (Å²) in [6.07, 6.45) is 1.78. The van der Waals surface area contributed by atoms with Crippen LogP contribution in [0.15, 0.2) is 5.38 Å². The molecule has 78 valence electrons. The monoisotopic (exact) mass is 213 g/mol. The number of nitrogens with zero attached hydrogens (tertiary/aromatic N) is 1. The summed E-state index contributed by atoms with van der Waals surface area (Å²) >= 11 is 1.65. The summed E-state index contributed by atoms with van der Waals surface area (Å²) in [5, 5.41) is 8.37. The van der Waals surface area contributed by atoms with E-state index in [1.165, 1.54) is 0 Å². The molecule has 0 aliphatic carbocycles. The highest BCUT2D eigenvalue weighted by Gasteiger charge is 2.01. The van der Waals surface area contributed by atoms with Crippen molar-refractivity contribution in [2.75, 3.05) is 13.6 Å². The van der Waals surface area contributed by atoms with Crippen LogP contribution < -0.4 is 10.6 Å². The highest BCUT2D eigenvalue weighted by Crippen LogP contribution is 2.10. The predicted octanol–water partition coefficient (Wildman–Crippen LogP) is 1.18. The first-order valence-electron chi connectivity index (χ1n) is 4.65. The molecule has 1 aromatic rings. The minimum atomic E-state index is -0.141. The van der Waals surface area contributed by atoms with Crippen LogP contribution in [0.3, 0.4) is 0 Å². The van der Waals surface area contributed by atoms with Crippen LogP contribution in [0.2, 0.25) is 0 Å². The van der Waals surface area contributed by atoms with Gasteiger partial charge in [0.1, 0.15) is 0 Å².